The van der Waals surface area contributed by atoms with E-state index in [2.05, 4.69) is 15.0 Å². The largest absolute Gasteiger partial charge is 0.381 e. The molecule has 6 heteroatoms. The van der Waals surface area contributed by atoms with Gasteiger partial charge in [-0.2, -0.15) is 0 Å². The van der Waals surface area contributed by atoms with Crippen LogP contribution in [-0.4, -0.2) is 59.8 Å². The van der Waals surface area contributed by atoms with Gasteiger partial charge in [-0.25, -0.2) is 0 Å². The predicted molar refractivity (Wildman–Crippen MR) is 93.0 cm³/mol. The fourth-order valence-corrected chi connectivity index (χ4v) is 4.71. The van der Waals surface area contributed by atoms with Crippen LogP contribution in [0.4, 0.5) is 0 Å². The van der Waals surface area contributed by atoms with Crippen LogP contribution in [0, 0.1) is 25.7 Å². The van der Waals surface area contributed by atoms with Gasteiger partial charge in [0.2, 0.25) is 5.91 Å². The Labute approximate surface area is 149 Å². The van der Waals surface area contributed by atoms with Gasteiger partial charge in [0, 0.05) is 56.9 Å². The fourth-order valence-electron chi connectivity index (χ4n) is 4.71. The van der Waals surface area contributed by atoms with Crippen molar-refractivity contribution in [1.29, 1.82) is 0 Å². The second kappa shape index (κ2) is 7.08. The van der Waals surface area contributed by atoms with Crippen molar-refractivity contribution in [3.05, 3.63) is 17.0 Å². The summed E-state index contributed by atoms with van der Waals surface area (Å²) in [6, 6.07) is 0.356. The highest BCUT2D eigenvalue weighted by Crippen LogP contribution is 2.31. The van der Waals surface area contributed by atoms with E-state index in [-0.39, 0.29) is 5.92 Å². The molecule has 4 saturated heterocycles. The molecular weight excluding hydrogens is 318 g/mol. The number of carbonyl (C=O) groups excluding carboxylic acids is 1. The van der Waals surface area contributed by atoms with Crippen LogP contribution in [0.5, 0.6) is 0 Å². The van der Waals surface area contributed by atoms with E-state index in [1.165, 1.54) is 12.0 Å². The summed E-state index contributed by atoms with van der Waals surface area (Å²) in [7, 11) is 0. The number of amides is 1. The number of rotatable bonds is 3. The first-order valence-corrected chi connectivity index (χ1v) is 9.64. The minimum atomic E-state index is 0.170. The van der Waals surface area contributed by atoms with Crippen LogP contribution in [0.2, 0.25) is 0 Å². The van der Waals surface area contributed by atoms with Crippen LogP contribution in [0.3, 0.4) is 0 Å². The van der Waals surface area contributed by atoms with E-state index in [1.54, 1.807) is 0 Å². The summed E-state index contributed by atoms with van der Waals surface area (Å²) in [5, 5.41) is 4.09. The minimum Gasteiger partial charge on any atom is -0.381 e. The summed E-state index contributed by atoms with van der Waals surface area (Å²) < 4.78 is 10.8. The van der Waals surface area contributed by atoms with Crippen LogP contribution in [0.15, 0.2) is 4.52 Å². The van der Waals surface area contributed by atoms with Crippen molar-refractivity contribution < 1.29 is 14.1 Å². The van der Waals surface area contributed by atoms with Crippen molar-refractivity contribution in [1.82, 2.24) is 15.0 Å². The zero-order chi connectivity index (χ0) is 17.4. The lowest BCUT2D eigenvalue weighted by molar-refractivity contribution is -0.142. The maximum atomic E-state index is 13.1. The molecule has 4 aliphatic heterocycles. The topological polar surface area (TPSA) is 58.8 Å². The van der Waals surface area contributed by atoms with Crippen LogP contribution in [-0.2, 0) is 16.1 Å². The van der Waals surface area contributed by atoms with Gasteiger partial charge >= 0.3 is 0 Å². The van der Waals surface area contributed by atoms with Gasteiger partial charge in [0.1, 0.15) is 5.76 Å². The average molecular weight is 347 g/mol. The number of fused-ring (bicyclic) bond motifs is 4. The number of piperidine rings is 1. The number of ether oxygens (including phenoxy) is 1. The minimum absolute atomic E-state index is 0.170. The van der Waals surface area contributed by atoms with Crippen LogP contribution >= 0.6 is 0 Å². The lowest BCUT2D eigenvalue weighted by Crippen LogP contribution is -2.50. The Balaban J connectivity index is 1.46. The van der Waals surface area contributed by atoms with Crippen LogP contribution in [0.1, 0.15) is 42.7 Å². The van der Waals surface area contributed by atoms with Gasteiger partial charge in [-0.15, -0.1) is 0 Å². The third-order valence-corrected chi connectivity index (χ3v) is 6.21. The molecule has 5 rings (SSSR count). The molecule has 1 aromatic rings. The number of hydrogen-bond acceptors (Lipinski definition) is 5. The van der Waals surface area contributed by atoms with Gasteiger partial charge in [0.25, 0.3) is 0 Å². The standard InChI is InChI=1S/C19H29N3O3/c1-13-18(14(2)25-20-13)12-21-9-15-3-4-17(11-21)22(10-15)19(23)16-5-7-24-8-6-16/h15-17H,3-12H2,1-2H3/t15-,17+/m0/s1. The molecule has 4 aliphatic rings. The molecule has 1 aromatic heterocycles. The van der Waals surface area contributed by atoms with Crippen molar-refractivity contribution in [2.45, 2.75) is 52.1 Å². The van der Waals surface area contributed by atoms with Crippen molar-refractivity contribution >= 4 is 5.91 Å². The van der Waals surface area contributed by atoms with Gasteiger partial charge < -0.3 is 14.2 Å². The number of aryl methyl sites for hydroxylation is 2. The number of aromatic nitrogens is 1. The third kappa shape index (κ3) is 3.47. The molecule has 4 fully saturated rings. The summed E-state index contributed by atoms with van der Waals surface area (Å²) in [5.74, 6) is 2.05. The molecule has 0 radical (unpaired) electrons. The van der Waals surface area contributed by atoms with E-state index in [1.807, 2.05) is 13.8 Å². The molecular formula is C19H29N3O3. The molecule has 138 valence electrons. The van der Waals surface area contributed by atoms with Gasteiger partial charge in [-0.1, -0.05) is 5.16 Å². The lowest BCUT2D eigenvalue weighted by Gasteiger charge is -2.39. The second-order valence-electron chi connectivity index (χ2n) is 7.97. The first kappa shape index (κ1) is 17.0. The monoisotopic (exact) mass is 347 g/mol. The van der Waals surface area contributed by atoms with Crippen molar-refractivity contribution in [2.75, 3.05) is 32.8 Å². The summed E-state index contributed by atoms with van der Waals surface area (Å²) >= 11 is 0. The first-order valence-electron chi connectivity index (χ1n) is 9.64. The summed E-state index contributed by atoms with van der Waals surface area (Å²) in [5.41, 5.74) is 2.20. The Kier molecular flexibility index (Phi) is 4.82. The van der Waals surface area contributed by atoms with E-state index in [4.69, 9.17) is 9.26 Å². The number of hydrogen-bond donors (Lipinski definition) is 0. The van der Waals surface area contributed by atoms with Crippen molar-refractivity contribution in [2.24, 2.45) is 11.8 Å². The van der Waals surface area contributed by atoms with E-state index in [0.717, 1.165) is 70.1 Å². The smallest absolute Gasteiger partial charge is 0.226 e. The molecule has 0 spiro atoms. The quantitative estimate of drug-likeness (QED) is 0.838. The van der Waals surface area contributed by atoms with E-state index >= 15 is 0 Å². The molecule has 5 heterocycles. The Morgan fingerprint density at radius 2 is 1.92 bits per heavy atom. The van der Waals surface area contributed by atoms with Gasteiger partial charge in [-0.3, -0.25) is 9.69 Å². The predicted octanol–water partition coefficient (Wildman–Crippen LogP) is 2.14. The van der Waals surface area contributed by atoms with E-state index in [0.29, 0.717) is 17.9 Å². The summed E-state index contributed by atoms with van der Waals surface area (Å²) in [4.78, 5) is 17.8. The van der Waals surface area contributed by atoms with Crippen LogP contribution in [0.25, 0.3) is 0 Å². The molecule has 6 nitrogen and oxygen atoms in total. The van der Waals surface area contributed by atoms with Crippen molar-refractivity contribution in [3.63, 3.8) is 0 Å². The number of nitrogens with zero attached hydrogens (tertiary/aromatic N) is 3. The van der Waals surface area contributed by atoms with Gasteiger partial charge in [0.15, 0.2) is 0 Å². The van der Waals surface area contributed by atoms with Crippen molar-refractivity contribution in [3.8, 4) is 0 Å². The molecule has 1 amide bonds. The third-order valence-electron chi connectivity index (χ3n) is 6.21. The molecule has 0 aromatic carbocycles. The highest BCUT2D eigenvalue weighted by Gasteiger charge is 2.39. The molecule has 0 aliphatic carbocycles. The zero-order valence-corrected chi connectivity index (χ0v) is 15.4. The maximum absolute atomic E-state index is 13.1. The Bertz CT molecular complexity index is 604. The Morgan fingerprint density at radius 1 is 1.12 bits per heavy atom. The molecule has 0 saturated carbocycles. The Morgan fingerprint density at radius 3 is 2.64 bits per heavy atom. The highest BCUT2D eigenvalue weighted by atomic mass is 16.5. The van der Waals surface area contributed by atoms with Gasteiger partial charge in [0.05, 0.1) is 5.69 Å². The Hall–Kier alpha value is -1.40. The maximum Gasteiger partial charge on any atom is 0.226 e. The first-order chi connectivity index (χ1) is 12.1. The van der Waals surface area contributed by atoms with E-state index < -0.39 is 0 Å². The average Bonchev–Trinajstić information content (AvgIpc) is 2.82. The fraction of sp³-hybridized carbons (Fsp3) is 0.789. The molecule has 0 N–H and O–H groups in total. The summed E-state index contributed by atoms with van der Waals surface area (Å²) in [6.07, 6.45) is 4.14. The lowest BCUT2D eigenvalue weighted by atomic mass is 9.91. The highest BCUT2D eigenvalue weighted by molar-refractivity contribution is 5.79. The molecule has 2 atom stereocenters. The van der Waals surface area contributed by atoms with E-state index in [9.17, 15) is 4.79 Å². The second-order valence-corrected chi connectivity index (χ2v) is 7.97. The molecule has 2 bridgehead atoms. The van der Waals surface area contributed by atoms with Crippen LogP contribution < -0.4 is 0 Å². The number of carbonyl (C=O) groups is 1. The zero-order valence-electron chi connectivity index (χ0n) is 15.4. The SMILES string of the molecule is Cc1noc(C)c1CN1C[C@@H]2CC[C@H](C1)N(C(=O)C1CCOCC1)C2. The van der Waals surface area contributed by atoms with Gasteiger partial charge in [-0.05, 0) is 45.4 Å². The summed E-state index contributed by atoms with van der Waals surface area (Å²) in [6.45, 7) is 9.31. The normalized spacial score (nSPS) is 28.3. The molecule has 0 unspecified atom stereocenters. The molecule has 25 heavy (non-hydrogen) atoms.